The lowest BCUT2D eigenvalue weighted by atomic mass is 10.2. The Morgan fingerprint density at radius 1 is 1.00 bits per heavy atom. The van der Waals surface area contributed by atoms with Crippen LogP contribution in [-0.4, -0.2) is 43.2 Å². The molecule has 1 rings (SSSR count). The second kappa shape index (κ2) is 10.3. The Labute approximate surface area is 153 Å². The predicted molar refractivity (Wildman–Crippen MR) is 98.1 cm³/mol. The number of benzene rings is 1. The molecule has 0 saturated carbocycles. The highest BCUT2D eigenvalue weighted by Gasteiger charge is 2.15. The van der Waals surface area contributed by atoms with E-state index in [4.69, 9.17) is 9.47 Å². The van der Waals surface area contributed by atoms with Gasteiger partial charge in [-0.05, 0) is 52.0 Å². The number of hydrogen-bond donors (Lipinski definition) is 3. The van der Waals surface area contributed by atoms with Crippen molar-refractivity contribution in [3.05, 3.63) is 24.3 Å². The average Bonchev–Trinajstić information content (AvgIpc) is 2.53. The summed E-state index contributed by atoms with van der Waals surface area (Å²) >= 11 is 0. The fraction of sp³-hybridized carbons (Fsp3) is 0.500. The molecular formula is C18H27N3O5. The van der Waals surface area contributed by atoms with Gasteiger partial charge in [-0.15, -0.1) is 0 Å². The van der Waals surface area contributed by atoms with Crippen molar-refractivity contribution in [3.8, 4) is 5.75 Å². The number of hydrogen-bond acceptors (Lipinski definition) is 5. The first-order valence-electron chi connectivity index (χ1n) is 8.46. The van der Waals surface area contributed by atoms with E-state index in [0.717, 1.165) is 0 Å². The van der Waals surface area contributed by atoms with Crippen molar-refractivity contribution in [3.63, 3.8) is 0 Å². The number of amides is 3. The molecular weight excluding hydrogens is 338 g/mol. The molecule has 0 spiro atoms. The van der Waals surface area contributed by atoms with E-state index in [1.807, 2.05) is 6.92 Å². The summed E-state index contributed by atoms with van der Waals surface area (Å²) in [6, 6.07) is 6.67. The van der Waals surface area contributed by atoms with Crippen LogP contribution in [0, 0.1) is 0 Å². The van der Waals surface area contributed by atoms with E-state index < -0.39 is 11.7 Å². The van der Waals surface area contributed by atoms with Crippen LogP contribution in [0.1, 0.15) is 34.1 Å². The van der Waals surface area contributed by atoms with Crippen molar-refractivity contribution in [2.24, 2.45) is 0 Å². The van der Waals surface area contributed by atoms with Gasteiger partial charge in [0.2, 0.25) is 5.91 Å². The van der Waals surface area contributed by atoms with Crippen molar-refractivity contribution in [1.82, 2.24) is 10.6 Å². The molecule has 3 amide bonds. The molecule has 0 radical (unpaired) electrons. The Kier molecular flexibility index (Phi) is 8.41. The topological polar surface area (TPSA) is 106 Å². The van der Waals surface area contributed by atoms with Gasteiger partial charge in [0.05, 0.1) is 0 Å². The van der Waals surface area contributed by atoms with Gasteiger partial charge in [-0.3, -0.25) is 9.59 Å². The second-order valence-electron chi connectivity index (χ2n) is 6.49. The van der Waals surface area contributed by atoms with E-state index in [1.165, 1.54) is 0 Å². The standard InChI is InChI=1S/C18H27N3O5/c1-5-19-16(23)12-25-14-8-6-13(7-9-14)21-15(22)10-11-20-17(24)26-18(2,3)4/h6-9H,5,10-12H2,1-4H3,(H,19,23)(H,20,24)(H,21,22). The molecule has 1 aromatic rings. The molecule has 8 nitrogen and oxygen atoms in total. The molecule has 0 fully saturated rings. The molecule has 1 aromatic carbocycles. The molecule has 0 aliphatic heterocycles. The van der Waals surface area contributed by atoms with E-state index >= 15 is 0 Å². The third-order valence-electron chi connectivity index (χ3n) is 2.90. The first-order chi connectivity index (χ1) is 12.2. The van der Waals surface area contributed by atoms with Gasteiger partial charge < -0.3 is 25.4 Å². The Morgan fingerprint density at radius 2 is 1.65 bits per heavy atom. The number of carbonyl (C=O) groups is 3. The lowest BCUT2D eigenvalue weighted by Gasteiger charge is -2.19. The summed E-state index contributed by atoms with van der Waals surface area (Å²) in [7, 11) is 0. The SMILES string of the molecule is CCNC(=O)COc1ccc(NC(=O)CCNC(=O)OC(C)(C)C)cc1. The van der Waals surface area contributed by atoms with Gasteiger partial charge in [-0.25, -0.2) is 4.79 Å². The molecule has 0 bridgehead atoms. The summed E-state index contributed by atoms with van der Waals surface area (Å²) in [5.74, 6) is 0.0975. The van der Waals surface area contributed by atoms with Gasteiger partial charge in [0.1, 0.15) is 11.4 Å². The zero-order valence-electron chi connectivity index (χ0n) is 15.7. The second-order valence-corrected chi connectivity index (χ2v) is 6.49. The highest BCUT2D eigenvalue weighted by atomic mass is 16.6. The third-order valence-corrected chi connectivity index (χ3v) is 2.90. The molecule has 0 atom stereocenters. The first kappa shape index (κ1) is 21.3. The lowest BCUT2D eigenvalue weighted by molar-refractivity contribution is -0.123. The molecule has 0 aliphatic carbocycles. The smallest absolute Gasteiger partial charge is 0.407 e. The number of nitrogens with one attached hydrogen (secondary N) is 3. The molecule has 0 aromatic heterocycles. The largest absolute Gasteiger partial charge is 0.484 e. The van der Waals surface area contributed by atoms with Crippen LogP contribution in [0.15, 0.2) is 24.3 Å². The minimum Gasteiger partial charge on any atom is -0.484 e. The van der Waals surface area contributed by atoms with Crippen molar-refractivity contribution in [2.45, 2.75) is 39.7 Å². The highest BCUT2D eigenvalue weighted by Crippen LogP contribution is 2.15. The number of carbonyl (C=O) groups excluding carboxylic acids is 3. The molecule has 144 valence electrons. The fourth-order valence-corrected chi connectivity index (χ4v) is 1.85. The van der Waals surface area contributed by atoms with Crippen LogP contribution >= 0.6 is 0 Å². The minimum absolute atomic E-state index is 0.0596. The predicted octanol–water partition coefficient (Wildman–Crippen LogP) is 2.05. The van der Waals surface area contributed by atoms with Gasteiger partial charge >= 0.3 is 6.09 Å². The van der Waals surface area contributed by atoms with Crippen molar-refractivity contribution >= 4 is 23.6 Å². The van der Waals surface area contributed by atoms with Crippen molar-refractivity contribution < 1.29 is 23.9 Å². The van der Waals surface area contributed by atoms with Crippen LogP contribution < -0.4 is 20.7 Å². The Morgan fingerprint density at radius 3 is 2.23 bits per heavy atom. The van der Waals surface area contributed by atoms with E-state index in [2.05, 4.69) is 16.0 Å². The zero-order chi connectivity index (χ0) is 19.6. The fourth-order valence-electron chi connectivity index (χ4n) is 1.85. The average molecular weight is 365 g/mol. The van der Waals surface area contributed by atoms with Crippen LogP contribution in [0.3, 0.4) is 0 Å². The summed E-state index contributed by atoms with van der Waals surface area (Å²) in [4.78, 5) is 34.7. The number of anilines is 1. The van der Waals surface area contributed by atoms with Gasteiger partial charge in [-0.1, -0.05) is 0 Å². The normalized spacial score (nSPS) is 10.6. The number of alkyl carbamates (subject to hydrolysis) is 1. The van der Waals surface area contributed by atoms with Gasteiger partial charge in [0, 0.05) is 25.2 Å². The van der Waals surface area contributed by atoms with E-state index in [1.54, 1.807) is 45.0 Å². The summed E-state index contributed by atoms with van der Waals surface area (Å²) < 4.78 is 10.4. The number of rotatable bonds is 8. The van der Waals surface area contributed by atoms with Crippen LogP contribution in [0.2, 0.25) is 0 Å². The quantitative estimate of drug-likeness (QED) is 0.654. The number of ether oxygens (including phenoxy) is 2. The Bertz CT molecular complexity index is 608. The number of likely N-dealkylation sites (N-methyl/N-ethyl adjacent to an activating group) is 1. The molecule has 26 heavy (non-hydrogen) atoms. The molecule has 0 saturated heterocycles. The van der Waals surface area contributed by atoms with Crippen LogP contribution in [0.4, 0.5) is 10.5 Å². The maximum Gasteiger partial charge on any atom is 0.407 e. The lowest BCUT2D eigenvalue weighted by Crippen LogP contribution is -2.34. The summed E-state index contributed by atoms with van der Waals surface area (Å²) in [5.41, 5.74) is 0.0190. The third kappa shape index (κ3) is 9.51. The Hall–Kier alpha value is -2.77. The maximum atomic E-state index is 11.9. The summed E-state index contributed by atoms with van der Waals surface area (Å²) in [6.45, 7) is 7.80. The van der Waals surface area contributed by atoms with E-state index in [0.29, 0.717) is 18.0 Å². The van der Waals surface area contributed by atoms with Crippen LogP contribution in [-0.2, 0) is 14.3 Å². The monoisotopic (exact) mass is 365 g/mol. The zero-order valence-corrected chi connectivity index (χ0v) is 15.7. The summed E-state index contributed by atoms with van der Waals surface area (Å²) in [6.07, 6.45) is -0.437. The molecule has 0 aliphatic rings. The van der Waals surface area contributed by atoms with Crippen molar-refractivity contribution in [1.29, 1.82) is 0 Å². The van der Waals surface area contributed by atoms with Gasteiger partial charge in [-0.2, -0.15) is 0 Å². The highest BCUT2D eigenvalue weighted by molar-refractivity contribution is 5.91. The van der Waals surface area contributed by atoms with Gasteiger partial charge in [0.25, 0.3) is 5.91 Å². The van der Waals surface area contributed by atoms with Crippen LogP contribution in [0.5, 0.6) is 5.75 Å². The minimum atomic E-state index is -0.576. The molecule has 0 unspecified atom stereocenters. The molecule has 8 heteroatoms. The Balaban J connectivity index is 2.32. The van der Waals surface area contributed by atoms with E-state index in [-0.39, 0.29) is 31.4 Å². The maximum absolute atomic E-state index is 11.9. The molecule has 0 heterocycles. The molecule has 3 N–H and O–H groups in total. The first-order valence-corrected chi connectivity index (χ1v) is 8.46. The van der Waals surface area contributed by atoms with Gasteiger partial charge in [0.15, 0.2) is 6.61 Å². The van der Waals surface area contributed by atoms with Crippen LogP contribution in [0.25, 0.3) is 0 Å². The summed E-state index contributed by atoms with van der Waals surface area (Å²) in [5, 5.41) is 7.87. The van der Waals surface area contributed by atoms with E-state index in [9.17, 15) is 14.4 Å². The van der Waals surface area contributed by atoms with Crippen molar-refractivity contribution in [2.75, 3.05) is 25.0 Å².